The minimum Gasteiger partial charge on any atom is -0.508 e. The molecule has 0 aliphatic rings. The molecule has 0 fully saturated rings. The third-order valence-electron chi connectivity index (χ3n) is 6.67. The van der Waals surface area contributed by atoms with E-state index < -0.39 is 6.10 Å². The predicted octanol–water partition coefficient (Wildman–Crippen LogP) is 5.75. The van der Waals surface area contributed by atoms with Crippen molar-refractivity contribution in [3.8, 4) is 5.75 Å². The third-order valence-corrected chi connectivity index (χ3v) is 6.67. The van der Waals surface area contributed by atoms with Gasteiger partial charge in [0.05, 0.1) is 12.7 Å². The van der Waals surface area contributed by atoms with Crippen LogP contribution in [0.25, 0.3) is 0 Å². The molecule has 0 heterocycles. The normalized spacial score (nSPS) is 11.8. The highest BCUT2D eigenvalue weighted by Gasteiger charge is 2.10. The van der Waals surface area contributed by atoms with Gasteiger partial charge in [-0.2, -0.15) is 0 Å². The van der Waals surface area contributed by atoms with Crippen LogP contribution in [0.3, 0.4) is 0 Å². The lowest BCUT2D eigenvalue weighted by Gasteiger charge is -2.14. The van der Waals surface area contributed by atoms with E-state index in [9.17, 15) is 20.1 Å². The Morgan fingerprint density at radius 1 is 0.800 bits per heavy atom. The van der Waals surface area contributed by atoms with Crippen LogP contribution in [0.15, 0.2) is 72.8 Å². The fourth-order valence-corrected chi connectivity index (χ4v) is 4.39. The Morgan fingerprint density at radius 3 is 2.33 bits per heavy atom. The molecule has 0 spiro atoms. The third kappa shape index (κ3) is 11.4. The maximum atomic E-state index is 12.3. The molecular formula is C32H43N3O5. The summed E-state index contributed by atoms with van der Waals surface area (Å²) in [6.45, 7) is 2.50. The van der Waals surface area contributed by atoms with E-state index in [1.807, 2.05) is 48.5 Å². The number of aromatic hydroxyl groups is 1. The first-order valence-corrected chi connectivity index (χ1v) is 14.2. The summed E-state index contributed by atoms with van der Waals surface area (Å²) in [5.74, 6) is 0.0381. The van der Waals surface area contributed by atoms with Gasteiger partial charge in [0, 0.05) is 36.7 Å². The van der Waals surface area contributed by atoms with Gasteiger partial charge in [0.1, 0.15) is 5.75 Å². The number of anilines is 2. The maximum Gasteiger partial charge on any atom is 0.323 e. The lowest BCUT2D eigenvalue weighted by molar-refractivity contribution is 0.126. The van der Waals surface area contributed by atoms with Gasteiger partial charge in [0.2, 0.25) is 0 Å². The van der Waals surface area contributed by atoms with E-state index in [0.717, 1.165) is 81.6 Å². The molecule has 3 rings (SSSR count). The van der Waals surface area contributed by atoms with E-state index in [0.29, 0.717) is 17.7 Å². The number of amides is 2. The number of benzene rings is 3. The number of aryl methyl sites for hydroxylation is 1. The van der Waals surface area contributed by atoms with Gasteiger partial charge in [0.25, 0.3) is 0 Å². The molecule has 0 aliphatic heterocycles. The molecule has 2 amide bonds. The Morgan fingerprint density at radius 2 is 1.52 bits per heavy atom. The molecule has 8 nitrogen and oxygen atoms in total. The van der Waals surface area contributed by atoms with E-state index in [-0.39, 0.29) is 18.4 Å². The molecule has 40 heavy (non-hydrogen) atoms. The van der Waals surface area contributed by atoms with Crippen molar-refractivity contribution in [1.29, 1.82) is 0 Å². The van der Waals surface area contributed by atoms with Gasteiger partial charge in [-0.05, 0) is 80.1 Å². The van der Waals surface area contributed by atoms with Crippen LogP contribution in [0.5, 0.6) is 5.75 Å². The number of para-hydroxylation sites is 2. The van der Waals surface area contributed by atoms with E-state index in [1.165, 1.54) is 6.07 Å². The predicted molar refractivity (Wildman–Crippen MR) is 160 cm³/mol. The van der Waals surface area contributed by atoms with Crippen molar-refractivity contribution in [1.82, 2.24) is 5.32 Å². The summed E-state index contributed by atoms with van der Waals surface area (Å²) in [7, 11) is 0. The Hall–Kier alpha value is -3.43. The second kappa shape index (κ2) is 18.0. The fourth-order valence-electron chi connectivity index (χ4n) is 4.39. The summed E-state index contributed by atoms with van der Waals surface area (Å²) in [6.07, 6.45) is 6.42. The zero-order chi connectivity index (χ0) is 28.4. The smallest absolute Gasteiger partial charge is 0.323 e. The van der Waals surface area contributed by atoms with E-state index >= 15 is 0 Å². The first kappa shape index (κ1) is 31.1. The molecule has 6 N–H and O–H groups in total. The molecule has 216 valence electrons. The summed E-state index contributed by atoms with van der Waals surface area (Å²) in [6, 6.07) is 21.8. The van der Waals surface area contributed by atoms with Crippen LogP contribution in [-0.4, -0.2) is 47.7 Å². The van der Waals surface area contributed by atoms with Crippen LogP contribution in [-0.2, 0) is 17.8 Å². The van der Waals surface area contributed by atoms with Gasteiger partial charge < -0.3 is 36.0 Å². The van der Waals surface area contributed by atoms with E-state index in [2.05, 4.69) is 22.0 Å². The zero-order valence-electron chi connectivity index (χ0n) is 23.1. The quantitative estimate of drug-likeness (QED) is 0.112. The number of aliphatic hydroxyl groups excluding tert-OH is 2. The van der Waals surface area contributed by atoms with Gasteiger partial charge in [-0.1, -0.05) is 55.3 Å². The van der Waals surface area contributed by atoms with Crippen molar-refractivity contribution in [2.24, 2.45) is 0 Å². The minimum atomic E-state index is -0.678. The molecule has 1 atom stereocenters. The molecule has 0 aliphatic carbocycles. The SMILES string of the molecule is O=C(Nc1ccccc1)Nc1ccccc1CCCCOCCCCCCNC[C@@H](O)c1ccc(O)c(CO)c1. The largest absolute Gasteiger partial charge is 0.508 e. The number of urea groups is 1. The van der Waals surface area contributed by atoms with Crippen LogP contribution in [0.2, 0.25) is 0 Å². The maximum absolute atomic E-state index is 12.3. The minimum absolute atomic E-state index is 0.0381. The number of carbonyl (C=O) groups is 1. The van der Waals surface area contributed by atoms with Crippen molar-refractivity contribution < 1.29 is 24.9 Å². The Bertz CT molecular complexity index is 1140. The zero-order valence-corrected chi connectivity index (χ0v) is 23.1. The monoisotopic (exact) mass is 549 g/mol. The number of phenols is 1. The summed E-state index contributed by atoms with van der Waals surface area (Å²) < 4.78 is 5.80. The van der Waals surface area contributed by atoms with Gasteiger partial charge in [-0.15, -0.1) is 0 Å². The fraction of sp³-hybridized carbons (Fsp3) is 0.406. The molecule has 8 heteroatoms. The lowest BCUT2D eigenvalue weighted by Crippen LogP contribution is -2.22. The van der Waals surface area contributed by atoms with Crippen LogP contribution >= 0.6 is 0 Å². The molecule has 0 saturated carbocycles. The van der Waals surface area contributed by atoms with Gasteiger partial charge in [0.15, 0.2) is 0 Å². The average Bonchev–Trinajstić information content (AvgIpc) is 2.97. The van der Waals surface area contributed by atoms with Gasteiger partial charge in [-0.3, -0.25) is 0 Å². The standard InChI is InChI=1S/C32H43N3O5/c36-24-27-22-26(17-18-30(27)37)31(38)23-33-19-9-1-2-10-20-40-21-11-8-13-25-12-6-7-16-29(25)35-32(39)34-28-14-4-3-5-15-28/h3-7,12,14-18,22,31,33,36-38H,1-2,8-11,13,19-21,23-24H2,(H2,34,35,39)/t31-/m1/s1. The van der Waals surface area contributed by atoms with Crippen molar-refractivity contribution in [3.63, 3.8) is 0 Å². The molecule has 0 unspecified atom stereocenters. The van der Waals surface area contributed by atoms with E-state index in [4.69, 9.17) is 4.74 Å². The van der Waals surface area contributed by atoms with Crippen molar-refractivity contribution in [2.45, 2.75) is 57.7 Å². The molecule has 3 aromatic carbocycles. The van der Waals surface area contributed by atoms with Crippen LogP contribution in [0.1, 0.15) is 61.3 Å². The summed E-state index contributed by atoms with van der Waals surface area (Å²) in [5.41, 5.74) is 3.80. The van der Waals surface area contributed by atoms with Crippen LogP contribution in [0, 0.1) is 0 Å². The second-order valence-corrected chi connectivity index (χ2v) is 9.85. The van der Waals surface area contributed by atoms with Crippen molar-refractivity contribution >= 4 is 17.4 Å². The van der Waals surface area contributed by atoms with Gasteiger partial charge >= 0.3 is 6.03 Å². The van der Waals surface area contributed by atoms with Crippen molar-refractivity contribution in [3.05, 3.63) is 89.5 Å². The van der Waals surface area contributed by atoms with Crippen LogP contribution in [0.4, 0.5) is 16.2 Å². The number of unbranched alkanes of at least 4 members (excludes halogenated alkanes) is 4. The summed E-state index contributed by atoms with van der Waals surface area (Å²) in [5, 5.41) is 38.3. The Balaban J connectivity index is 1.18. The highest BCUT2D eigenvalue weighted by atomic mass is 16.5. The molecule has 0 bridgehead atoms. The molecular weight excluding hydrogens is 506 g/mol. The first-order valence-electron chi connectivity index (χ1n) is 14.2. The number of ether oxygens (including phenoxy) is 1. The number of hydrogen-bond acceptors (Lipinski definition) is 6. The number of nitrogens with one attached hydrogen (secondary N) is 3. The molecule has 0 saturated heterocycles. The van der Waals surface area contributed by atoms with E-state index in [1.54, 1.807) is 12.1 Å². The lowest BCUT2D eigenvalue weighted by atomic mass is 10.1. The van der Waals surface area contributed by atoms with Crippen LogP contribution < -0.4 is 16.0 Å². The first-order chi connectivity index (χ1) is 19.6. The highest BCUT2D eigenvalue weighted by molar-refractivity contribution is 6.00. The molecule has 0 aromatic heterocycles. The Kier molecular flexibility index (Phi) is 14.0. The topological polar surface area (TPSA) is 123 Å². The summed E-state index contributed by atoms with van der Waals surface area (Å²) in [4.78, 5) is 12.3. The number of rotatable bonds is 18. The molecule has 0 radical (unpaired) electrons. The Labute approximate surface area is 237 Å². The highest BCUT2D eigenvalue weighted by Crippen LogP contribution is 2.22. The number of aliphatic hydroxyl groups is 2. The van der Waals surface area contributed by atoms with Crippen molar-refractivity contribution in [2.75, 3.05) is 36.9 Å². The molecule has 3 aromatic rings. The number of carbonyl (C=O) groups excluding carboxylic acids is 1. The number of hydrogen-bond donors (Lipinski definition) is 6. The second-order valence-electron chi connectivity index (χ2n) is 9.85. The van der Waals surface area contributed by atoms with Gasteiger partial charge in [-0.25, -0.2) is 4.79 Å². The average molecular weight is 550 g/mol. The summed E-state index contributed by atoms with van der Waals surface area (Å²) >= 11 is 0.